The molecule has 0 spiro atoms. The monoisotopic (exact) mass is 338 g/mol. The number of hydrogen-bond donors (Lipinski definition) is 1. The maximum absolute atomic E-state index is 11.1. The third-order valence-electron chi connectivity index (χ3n) is 2.63. The standard InChI is InChI=1S/C14H13BrNO2S/c15-13-8-4-5-9-14(13)16(11-19(17)18)10-12-6-2-1-3-7-12/h1-4,6-9,19H,10-11H2. The second kappa shape index (κ2) is 6.73. The summed E-state index contributed by atoms with van der Waals surface area (Å²) in [5.41, 5.74) is 1.89. The van der Waals surface area contributed by atoms with E-state index in [1.807, 2.05) is 41.3 Å². The van der Waals surface area contributed by atoms with E-state index in [0.29, 0.717) is 6.54 Å². The van der Waals surface area contributed by atoms with Gasteiger partial charge in [-0.15, -0.1) is 0 Å². The minimum Gasteiger partial charge on any atom is -0.352 e. The molecule has 2 aromatic carbocycles. The molecule has 99 valence electrons. The van der Waals surface area contributed by atoms with E-state index in [2.05, 4.69) is 22.0 Å². The summed E-state index contributed by atoms with van der Waals surface area (Å²) in [4.78, 5) is 1.81. The SMILES string of the molecule is O=[SH](=O)CN(Cc1ccccc1)c1c[c]ccc1Br. The van der Waals surface area contributed by atoms with Crippen molar-refractivity contribution in [1.82, 2.24) is 0 Å². The molecule has 0 bridgehead atoms. The van der Waals surface area contributed by atoms with Crippen LogP contribution < -0.4 is 4.90 Å². The minimum atomic E-state index is -2.48. The lowest BCUT2D eigenvalue weighted by molar-refractivity contribution is 0.611. The highest BCUT2D eigenvalue weighted by molar-refractivity contribution is 9.10. The molecule has 0 saturated heterocycles. The van der Waals surface area contributed by atoms with E-state index < -0.39 is 10.7 Å². The molecular formula is C14H13BrNO2S. The maximum Gasteiger partial charge on any atom is 0.158 e. The van der Waals surface area contributed by atoms with Crippen LogP contribution in [0.3, 0.4) is 0 Å². The van der Waals surface area contributed by atoms with E-state index in [1.54, 1.807) is 12.1 Å². The molecule has 0 aliphatic rings. The van der Waals surface area contributed by atoms with Crippen molar-refractivity contribution in [2.75, 3.05) is 10.8 Å². The second-order valence-electron chi connectivity index (χ2n) is 4.04. The van der Waals surface area contributed by atoms with E-state index in [0.717, 1.165) is 15.7 Å². The lowest BCUT2D eigenvalue weighted by Gasteiger charge is -2.23. The van der Waals surface area contributed by atoms with Gasteiger partial charge in [0.1, 0.15) is 5.88 Å². The lowest BCUT2D eigenvalue weighted by atomic mass is 10.2. The van der Waals surface area contributed by atoms with Gasteiger partial charge in [0, 0.05) is 11.0 Å². The average Bonchev–Trinajstić information content (AvgIpc) is 2.39. The van der Waals surface area contributed by atoms with Crippen molar-refractivity contribution in [1.29, 1.82) is 0 Å². The number of nitrogens with zero attached hydrogens (tertiary/aromatic N) is 1. The normalized spacial score (nSPS) is 10.6. The van der Waals surface area contributed by atoms with Gasteiger partial charge in [-0.3, -0.25) is 0 Å². The van der Waals surface area contributed by atoms with Crippen LogP contribution in [-0.4, -0.2) is 14.3 Å². The fraction of sp³-hybridized carbons (Fsp3) is 0.143. The highest BCUT2D eigenvalue weighted by Gasteiger charge is 2.11. The Morgan fingerprint density at radius 2 is 1.89 bits per heavy atom. The van der Waals surface area contributed by atoms with Gasteiger partial charge in [0.2, 0.25) is 0 Å². The fourth-order valence-corrected chi connectivity index (χ4v) is 2.83. The zero-order valence-corrected chi connectivity index (χ0v) is 12.6. The molecule has 0 aliphatic carbocycles. The molecule has 0 unspecified atom stereocenters. The lowest BCUT2D eigenvalue weighted by Crippen LogP contribution is -2.25. The Morgan fingerprint density at radius 1 is 1.16 bits per heavy atom. The van der Waals surface area contributed by atoms with Crippen molar-refractivity contribution in [2.24, 2.45) is 0 Å². The number of benzene rings is 2. The molecule has 0 N–H and O–H groups in total. The zero-order valence-electron chi connectivity index (χ0n) is 10.1. The predicted octanol–water partition coefficient (Wildman–Crippen LogP) is 2.82. The second-order valence-corrected chi connectivity index (χ2v) is 5.84. The average molecular weight is 339 g/mol. The van der Waals surface area contributed by atoms with Crippen molar-refractivity contribution in [2.45, 2.75) is 6.54 Å². The number of anilines is 1. The molecule has 0 atom stereocenters. The predicted molar refractivity (Wildman–Crippen MR) is 80.8 cm³/mol. The van der Waals surface area contributed by atoms with Gasteiger partial charge >= 0.3 is 0 Å². The maximum atomic E-state index is 11.1. The van der Waals surface area contributed by atoms with E-state index >= 15 is 0 Å². The Morgan fingerprint density at radius 3 is 2.53 bits per heavy atom. The van der Waals surface area contributed by atoms with Crippen molar-refractivity contribution >= 4 is 32.3 Å². The first-order valence-corrected chi connectivity index (χ1v) is 7.88. The van der Waals surface area contributed by atoms with Crippen molar-refractivity contribution in [3.8, 4) is 0 Å². The third-order valence-corrected chi connectivity index (χ3v) is 3.88. The van der Waals surface area contributed by atoms with E-state index in [-0.39, 0.29) is 5.88 Å². The van der Waals surface area contributed by atoms with Crippen LogP contribution in [0.25, 0.3) is 0 Å². The third kappa shape index (κ3) is 4.08. The molecule has 2 rings (SSSR count). The van der Waals surface area contributed by atoms with Crippen LogP contribution in [0.4, 0.5) is 5.69 Å². The van der Waals surface area contributed by atoms with E-state index in [4.69, 9.17) is 0 Å². The molecule has 0 aliphatic heterocycles. The Bertz CT molecular complexity index is 606. The van der Waals surface area contributed by atoms with Gasteiger partial charge in [0.05, 0.1) is 5.69 Å². The quantitative estimate of drug-likeness (QED) is 0.852. The smallest absolute Gasteiger partial charge is 0.158 e. The molecule has 0 saturated carbocycles. The highest BCUT2D eigenvalue weighted by Crippen LogP contribution is 2.26. The minimum absolute atomic E-state index is 0.0132. The molecule has 2 aromatic rings. The van der Waals surface area contributed by atoms with Gasteiger partial charge in [-0.25, -0.2) is 8.42 Å². The number of halogens is 1. The highest BCUT2D eigenvalue weighted by atomic mass is 79.9. The van der Waals surface area contributed by atoms with Crippen LogP contribution >= 0.6 is 15.9 Å². The van der Waals surface area contributed by atoms with Crippen LogP contribution in [0.2, 0.25) is 0 Å². The fourth-order valence-electron chi connectivity index (χ4n) is 1.80. The van der Waals surface area contributed by atoms with Crippen LogP contribution in [-0.2, 0) is 17.2 Å². The van der Waals surface area contributed by atoms with Gasteiger partial charge in [-0.05, 0) is 39.7 Å². The molecular weight excluding hydrogens is 326 g/mol. The van der Waals surface area contributed by atoms with Crippen molar-refractivity contribution in [3.63, 3.8) is 0 Å². The number of hydrogen-bond acceptors (Lipinski definition) is 3. The summed E-state index contributed by atoms with van der Waals surface area (Å²) in [5, 5.41) is 0. The molecule has 0 amide bonds. The summed E-state index contributed by atoms with van der Waals surface area (Å²) in [5.74, 6) is -0.0132. The van der Waals surface area contributed by atoms with Gasteiger partial charge in [-0.1, -0.05) is 36.4 Å². The van der Waals surface area contributed by atoms with Crippen LogP contribution in [0.1, 0.15) is 5.56 Å². The van der Waals surface area contributed by atoms with Gasteiger partial charge in [-0.2, -0.15) is 0 Å². The molecule has 1 radical (unpaired) electrons. The summed E-state index contributed by atoms with van der Waals surface area (Å²) < 4.78 is 23.0. The number of thiol groups is 1. The summed E-state index contributed by atoms with van der Waals surface area (Å²) in [7, 11) is -2.48. The van der Waals surface area contributed by atoms with Crippen LogP contribution in [0.15, 0.2) is 53.0 Å². The van der Waals surface area contributed by atoms with Gasteiger partial charge in [0.15, 0.2) is 10.7 Å². The van der Waals surface area contributed by atoms with Gasteiger partial charge in [0.25, 0.3) is 0 Å². The topological polar surface area (TPSA) is 37.4 Å². The summed E-state index contributed by atoms with van der Waals surface area (Å²) in [6.45, 7) is 0.542. The zero-order chi connectivity index (χ0) is 13.7. The van der Waals surface area contributed by atoms with Crippen LogP contribution in [0, 0.1) is 6.07 Å². The van der Waals surface area contributed by atoms with E-state index in [9.17, 15) is 8.42 Å². The Hall–Kier alpha value is -1.33. The largest absolute Gasteiger partial charge is 0.352 e. The van der Waals surface area contributed by atoms with Crippen molar-refractivity contribution < 1.29 is 8.42 Å². The van der Waals surface area contributed by atoms with Crippen molar-refractivity contribution in [3.05, 3.63) is 64.6 Å². The summed E-state index contributed by atoms with van der Waals surface area (Å²) in [6.07, 6.45) is 0. The summed E-state index contributed by atoms with van der Waals surface area (Å²) in [6, 6.07) is 18.2. The first-order valence-electron chi connectivity index (χ1n) is 5.73. The summed E-state index contributed by atoms with van der Waals surface area (Å²) >= 11 is 3.44. The van der Waals surface area contributed by atoms with Crippen LogP contribution in [0.5, 0.6) is 0 Å². The molecule has 19 heavy (non-hydrogen) atoms. The molecule has 3 nitrogen and oxygen atoms in total. The molecule has 5 heteroatoms. The Labute approximate surface area is 123 Å². The Kier molecular flexibility index (Phi) is 4.99. The molecule has 0 heterocycles. The van der Waals surface area contributed by atoms with E-state index in [1.165, 1.54) is 0 Å². The first kappa shape index (κ1) is 14.1. The molecule has 0 aromatic heterocycles. The molecule has 0 fully saturated rings. The number of rotatable bonds is 5. The van der Waals surface area contributed by atoms with Gasteiger partial charge < -0.3 is 4.90 Å². The Balaban J connectivity index is 2.29. The first-order chi connectivity index (χ1) is 9.16.